The van der Waals surface area contributed by atoms with E-state index in [4.69, 9.17) is 23.4 Å². The molecule has 0 aliphatic carbocycles. The van der Waals surface area contributed by atoms with Gasteiger partial charge >= 0.3 is 0 Å². The number of benzene rings is 1. The molecule has 9 nitrogen and oxygen atoms in total. The molecule has 0 amide bonds. The molecule has 2 saturated heterocycles. The first-order valence-electron chi connectivity index (χ1n) is 11.7. The SMILES string of the molecule is COc1ccc(N[C@@H]([C@H]2O[C@H](O[Si](C)(C)C(C)(C)C)[C@H]3OC(C)(C)O[C@H]32)C(C)(C)[N+](=O)[O-])cc1. The molecular weight excluding hydrogens is 456 g/mol. The van der Waals surface area contributed by atoms with Gasteiger partial charge in [-0.25, -0.2) is 0 Å². The van der Waals surface area contributed by atoms with Crippen molar-refractivity contribution in [2.24, 2.45) is 0 Å². The Morgan fingerprint density at radius 3 is 2.15 bits per heavy atom. The Labute approximate surface area is 203 Å². The Morgan fingerprint density at radius 1 is 1.09 bits per heavy atom. The molecule has 5 atom stereocenters. The summed E-state index contributed by atoms with van der Waals surface area (Å²) in [6.45, 7) is 17.6. The van der Waals surface area contributed by atoms with E-state index in [0.717, 1.165) is 0 Å². The molecule has 1 N–H and O–H groups in total. The van der Waals surface area contributed by atoms with Gasteiger partial charge in [0.1, 0.15) is 30.1 Å². The maximum atomic E-state index is 12.2. The van der Waals surface area contributed by atoms with Gasteiger partial charge in [0.25, 0.3) is 0 Å². The van der Waals surface area contributed by atoms with Crippen molar-refractivity contribution in [1.29, 1.82) is 0 Å². The van der Waals surface area contributed by atoms with Crippen molar-refractivity contribution in [2.75, 3.05) is 12.4 Å². The molecule has 0 spiro atoms. The van der Waals surface area contributed by atoms with E-state index in [-0.39, 0.29) is 9.96 Å². The highest BCUT2D eigenvalue weighted by molar-refractivity contribution is 6.74. The third-order valence-electron chi connectivity index (χ3n) is 7.24. The molecule has 10 heteroatoms. The fourth-order valence-corrected chi connectivity index (χ4v) is 5.19. The zero-order valence-corrected chi connectivity index (χ0v) is 23.0. The molecule has 0 unspecified atom stereocenters. The normalized spacial score (nSPS) is 27.8. The minimum Gasteiger partial charge on any atom is -0.497 e. The molecule has 2 aliphatic rings. The van der Waals surface area contributed by atoms with E-state index in [1.54, 1.807) is 33.1 Å². The summed E-state index contributed by atoms with van der Waals surface area (Å²) >= 11 is 0. The van der Waals surface area contributed by atoms with Crippen molar-refractivity contribution in [3.8, 4) is 5.75 Å². The van der Waals surface area contributed by atoms with Crippen LogP contribution in [-0.4, -0.2) is 62.3 Å². The predicted octanol–water partition coefficient (Wildman–Crippen LogP) is 4.80. The molecule has 0 bridgehead atoms. The first-order valence-corrected chi connectivity index (χ1v) is 14.6. The number of nitrogens with zero attached hydrogens (tertiary/aromatic N) is 1. The van der Waals surface area contributed by atoms with Crippen LogP contribution in [-0.2, 0) is 18.6 Å². The quantitative estimate of drug-likeness (QED) is 0.311. The van der Waals surface area contributed by atoms with Gasteiger partial charge in [-0.2, -0.15) is 0 Å². The summed E-state index contributed by atoms with van der Waals surface area (Å²) in [6.07, 6.45) is -2.37. The zero-order chi connectivity index (χ0) is 25.7. The van der Waals surface area contributed by atoms with E-state index in [1.165, 1.54) is 0 Å². The van der Waals surface area contributed by atoms with Crippen LogP contribution in [0.3, 0.4) is 0 Å². The number of hydrogen-bond donors (Lipinski definition) is 1. The van der Waals surface area contributed by atoms with Gasteiger partial charge in [0.15, 0.2) is 20.4 Å². The first-order chi connectivity index (χ1) is 15.5. The molecule has 2 aliphatic heterocycles. The average Bonchev–Trinajstić information content (AvgIpc) is 3.18. The van der Waals surface area contributed by atoms with Gasteiger partial charge in [-0.05, 0) is 56.2 Å². The molecular formula is C24H40N2O7Si. The zero-order valence-electron chi connectivity index (χ0n) is 22.0. The number of nitrogens with one attached hydrogen (secondary N) is 1. The summed E-state index contributed by atoms with van der Waals surface area (Å²) in [5.74, 6) is -0.152. The number of ether oxygens (including phenoxy) is 4. The predicted molar refractivity (Wildman–Crippen MR) is 132 cm³/mol. The summed E-state index contributed by atoms with van der Waals surface area (Å²) in [7, 11) is -0.629. The van der Waals surface area contributed by atoms with Gasteiger partial charge < -0.3 is 28.7 Å². The van der Waals surface area contributed by atoms with E-state index in [0.29, 0.717) is 11.4 Å². The molecule has 34 heavy (non-hydrogen) atoms. The number of anilines is 1. The second-order valence-corrected chi connectivity index (χ2v) is 16.4. The number of fused-ring (bicyclic) bond motifs is 1. The highest BCUT2D eigenvalue weighted by atomic mass is 28.4. The van der Waals surface area contributed by atoms with Crippen molar-refractivity contribution in [2.45, 2.75) is 109 Å². The van der Waals surface area contributed by atoms with Crippen LogP contribution in [0.1, 0.15) is 48.5 Å². The summed E-state index contributed by atoms with van der Waals surface area (Å²) < 4.78 is 30.7. The third-order valence-corrected chi connectivity index (χ3v) is 11.7. The van der Waals surface area contributed by atoms with Crippen molar-refractivity contribution in [3.63, 3.8) is 0 Å². The molecule has 2 fully saturated rings. The maximum absolute atomic E-state index is 12.2. The lowest BCUT2D eigenvalue weighted by Gasteiger charge is -2.39. The first kappa shape index (κ1) is 26.9. The summed E-state index contributed by atoms with van der Waals surface area (Å²) in [5, 5.41) is 15.5. The number of methoxy groups -OCH3 is 1. The lowest BCUT2D eigenvalue weighted by molar-refractivity contribution is -0.565. The summed E-state index contributed by atoms with van der Waals surface area (Å²) in [6, 6.07) is 6.53. The van der Waals surface area contributed by atoms with Crippen LogP contribution in [0.4, 0.5) is 5.69 Å². The summed E-state index contributed by atoms with van der Waals surface area (Å²) in [5.41, 5.74) is -0.662. The van der Waals surface area contributed by atoms with Crippen LogP contribution in [0, 0.1) is 10.1 Å². The standard InChI is InChI=1S/C24H40N2O7Si/c1-22(2,3)34(9,10)33-21-19-17(31-24(6,7)32-19)18(30-21)20(23(4,5)26(27)28)25-15-11-13-16(29-8)14-12-15/h11-14,17-21,25H,1-10H3/t17-,18-,19-,20-,21+/m0/s1. The van der Waals surface area contributed by atoms with E-state index in [2.05, 4.69) is 39.2 Å². The minimum atomic E-state index is -2.22. The molecule has 1 aromatic rings. The Kier molecular flexibility index (Phi) is 7.16. The molecule has 0 saturated carbocycles. The van der Waals surface area contributed by atoms with Gasteiger partial charge in [-0.3, -0.25) is 10.1 Å². The Bertz CT molecular complexity index is 882. The van der Waals surface area contributed by atoms with Crippen LogP contribution in [0.2, 0.25) is 18.1 Å². The van der Waals surface area contributed by atoms with Gasteiger partial charge in [0.2, 0.25) is 5.54 Å². The summed E-state index contributed by atoms with van der Waals surface area (Å²) in [4.78, 5) is 11.9. The fourth-order valence-electron chi connectivity index (χ4n) is 4.06. The topological polar surface area (TPSA) is 101 Å². The van der Waals surface area contributed by atoms with Crippen LogP contribution in [0.25, 0.3) is 0 Å². The monoisotopic (exact) mass is 496 g/mol. The molecule has 0 aromatic heterocycles. The van der Waals surface area contributed by atoms with E-state index in [9.17, 15) is 10.1 Å². The molecule has 1 aromatic carbocycles. The highest BCUT2D eigenvalue weighted by Gasteiger charge is 2.62. The van der Waals surface area contributed by atoms with Crippen molar-refractivity contribution < 1.29 is 28.3 Å². The molecule has 192 valence electrons. The molecule has 2 heterocycles. The van der Waals surface area contributed by atoms with Crippen LogP contribution >= 0.6 is 0 Å². The van der Waals surface area contributed by atoms with Gasteiger partial charge in [0, 0.05) is 24.5 Å². The van der Waals surface area contributed by atoms with Crippen molar-refractivity contribution in [3.05, 3.63) is 34.4 Å². The Balaban J connectivity index is 1.97. The van der Waals surface area contributed by atoms with Crippen LogP contribution in [0.5, 0.6) is 5.75 Å². The lowest BCUT2D eigenvalue weighted by Crippen LogP contribution is -2.57. The second-order valence-electron chi connectivity index (χ2n) is 11.7. The largest absolute Gasteiger partial charge is 0.497 e. The smallest absolute Gasteiger partial charge is 0.239 e. The van der Waals surface area contributed by atoms with E-state index in [1.807, 2.05) is 26.0 Å². The number of nitro groups is 1. The Morgan fingerprint density at radius 2 is 1.65 bits per heavy atom. The Hall–Kier alpha value is -1.72. The molecule has 3 rings (SSSR count). The maximum Gasteiger partial charge on any atom is 0.239 e. The molecule has 0 radical (unpaired) electrons. The highest BCUT2D eigenvalue weighted by Crippen LogP contribution is 2.45. The number of hydrogen-bond acceptors (Lipinski definition) is 8. The van der Waals surface area contributed by atoms with Crippen LogP contribution < -0.4 is 10.1 Å². The van der Waals surface area contributed by atoms with Crippen molar-refractivity contribution >= 4 is 14.0 Å². The van der Waals surface area contributed by atoms with E-state index >= 15 is 0 Å². The van der Waals surface area contributed by atoms with Crippen LogP contribution in [0.15, 0.2) is 24.3 Å². The minimum absolute atomic E-state index is 0.0419. The lowest BCUT2D eigenvalue weighted by atomic mass is 9.87. The van der Waals surface area contributed by atoms with Gasteiger partial charge in [-0.1, -0.05) is 20.8 Å². The number of rotatable bonds is 8. The fraction of sp³-hybridized carbons (Fsp3) is 0.750. The second kappa shape index (κ2) is 9.05. The van der Waals surface area contributed by atoms with E-state index < -0.39 is 50.3 Å². The van der Waals surface area contributed by atoms with Gasteiger partial charge in [0.05, 0.1) is 7.11 Å². The third kappa shape index (κ3) is 5.25. The van der Waals surface area contributed by atoms with Crippen molar-refractivity contribution in [1.82, 2.24) is 0 Å². The average molecular weight is 497 g/mol. The van der Waals surface area contributed by atoms with Gasteiger partial charge in [-0.15, -0.1) is 0 Å².